The summed E-state index contributed by atoms with van der Waals surface area (Å²) in [5.74, 6) is 0.0286. The van der Waals surface area contributed by atoms with Crippen molar-refractivity contribution in [1.29, 1.82) is 0 Å². The van der Waals surface area contributed by atoms with Gasteiger partial charge in [0.25, 0.3) is 5.56 Å². The van der Waals surface area contributed by atoms with Crippen molar-refractivity contribution in [1.82, 2.24) is 19.3 Å². The molecule has 0 fully saturated rings. The SMILES string of the molecule is CCCNC(=O)CCCn1c(=O)c2cccn2c2cccnc21. The van der Waals surface area contributed by atoms with Crippen molar-refractivity contribution in [2.75, 3.05) is 6.54 Å². The van der Waals surface area contributed by atoms with Crippen LogP contribution < -0.4 is 10.9 Å². The lowest BCUT2D eigenvalue weighted by molar-refractivity contribution is -0.121. The Labute approximate surface area is 133 Å². The molecular weight excluding hydrogens is 292 g/mol. The highest BCUT2D eigenvalue weighted by Crippen LogP contribution is 2.13. The molecule has 3 aromatic heterocycles. The highest BCUT2D eigenvalue weighted by atomic mass is 16.1. The van der Waals surface area contributed by atoms with E-state index in [4.69, 9.17) is 0 Å². The topological polar surface area (TPSA) is 68.4 Å². The Bertz CT molecular complexity index is 894. The third-order valence-electron chi connectivity index (χ3n) is 3.85. The van der Waals surface area contributed by atoms with Crippen LogP contribution in [-0.2, 0) is 11.3 Å². The zero-order valence-electron chi connectivity index (χ0n) is 13.2. The fourth-order valence-electron chi connectivity index (χ4n) is 2.74. The van der Waals surface area contributed by atoms with Crippen LogP contribution in [0, 0.1) is 0 Å². The van der Waals surface area contributed by atoms with Gasteiger partial charge in [-0.25, -0.2) is 4.98 Å². The van der Waals surface area contributed by atoms with Crippen LogP contribution in [0.4, 0.5) is 0 Å². The van der Waals surface area contributed by atoms with Crippen molar-refractivity contribution in [3.63, 3.8) is 0 Å². The Morgan fingerprint density at radius 3 is 2.91 bits per heavy atom. The van der Waals surface area contributed by atoms with E-state index in [9.17, 15) is 9.59 Å². The lowest BCUT2D eigenvalue weighted by Crippen LogP contribution is -2.26. The lowest BCUT2D eigenvalue weighted by Gasteiger charge is -2.11. The second-order valence-electron chi connectivity index (χ2n) is 5.52. The summed E-state index contributed by atoms with van der Waals surface area (Å²) in [6.45, 7) is 3.19. The summed E-state index contributed by atoms with van der Waals surface area (Å²) < 4.78 is 3.52. The first-order chi connectivity index (χ1) is 11.2. The van der Waals surface area contributed by atoms with Gasteiger partial charge in [0.15, 0.2) is 5.65 Å². The minimum absolute atomic E-state index is 0.0286. The molecule has 0 aliphatic heterocycles. The molecule has 3 aromatic rings. The molecule has 1 amide bonds. The van der Waals surface area contributed by atoms with Gasteiger partial charge < -0.3 is 9.72 Å². The average Bonchev–Trinajstić information content (AvgIpc) is 3.06. The van der Waals surface area contributed by atoms with Crippen LogP contribution in [0.1, 0.15) is 26.2 Å². The van der Waals surface area contributed by atoms with E-state index in [0.29, 0.717) is 37.1 Å². The summed E-state index contributed by atoms with van der Waals surface area (Å²) in [4.78, 5) is 28.7. The van der Waals surface area contributed by atoms with E-state index in [1.807, 2.05) is 35.7 Å². The first kappa shape index (κ1) is 15.3. The van der Waals surface area contributed by atoms with Gasteiger partial charge in [-0.05, 0) is 37.1 Å². The largest absolute Gasteiger partial charge is 0.356 e. The van der Waals surface area contributed by atoms with Crippen LogP contribution in [0.2, 0.25) is 0 Å². The fraction of sp³-hybridized carbons (Fsp3) is 0.353. The van der Waals surface area contributed by atoms with Gasteiger partial charge >= 0.3 is 0 Å². The molecule has 0 aliphatic rings. The van der Waals surface area contributed by atoms with Crippen LogP contribution in [0.5, 0.6) is 0 Å². The summed E-state index contributed by atoms with van der Waals surface area (Å²) in [7, 11) is 0. The highest BCUT2D eigenvalue weighted by Gasteiger charge is 2.11. The molecule has 0 atom stereocenters. The van der Waals surface area contributed by atoms with Gasteiger partial charge in [0.1, 0.15) is 5.52 Å². The van der Waals surface area contributed by atoms with Gasteiger partial charge in [-0.3, -0.25) is 14.2 Å². The lowest BCUT2D eigenvalue weighted by atomic mass is 10.2. The highest BCUT2D eigenvalue weighted by molar-refractivity contribution is 5.76. The molecule has 6 heteroatoms. The molecule has 0 saturated carbocycles. The predicted octanol–water partition coefficient (Wildman–Crippen LogP) is 1.96. The predicted molar refractivity (Wildman–Crippen MR) is 89.5 cm³/mol. The number of carbonyl (C=O) groups is 1. The van der Waals surface area contributed by atoms with Crippen LogP contribution in [0.3, 0.4) is 0 Å². The third-order valence-corrected chi connectivity index (χ3v) is 3.85. The minimum Gasteiger partial charge on any atom is -0.356 e. The number of hydrogen-bond donors (Lipinski definition) is 1. The molecule has 23 heavy (non-hydrogen) atoms. The molecule has 3 heterocycles. The summed E-state index contributed by atoms with van der Waals surface area (Å²) >= 11 is 0. The Kier molecular flexibility index (Phi) is 4.41. The van der Waals surface area contributed by atoms with Gasteiger partial charge in [-0.1, -0.05) is 6.92 Å². The van der Waals surface area contributed by atoms with E-state index in [-0.39, 0.29) is 11.5 Å². The molecular formula is C17H20N4O2. The molecule has 1 N–H and O–H groups in total. The van der Waals surface area contributed by atoms with E-state index in [2.05, 4.69) is 10.3 Å². The van der Waals surface area contributed by atoms with Crippen molar-refractivity contribution < 1.29 is 4.79 Å². The first-order valence-electron chi connectivity index (χ1n) is 7.93. The van der Waals surface area contributed by atoms with Gasteiger partial charge in [-0.2, -0.15) is 0 Å². The number of carbonyl (C=O) groups excluding carboxylic acids is 1. The number of nitrogens with one attached hydrogen (secondary N) is 1. The van der Waals surface area contributed by atoms with Crippen LogP contribution in [0.15, 0.2) is 41.5 Å². The van der Waals surface area contributed by atoms with Crippen molar-refractivity contribution in [3.05, 3.63) is 47.0 Å². The van der Waals surface area contributed by atoms with Gasteiger partial charge in [-0.15, -0.1) is 0 Å². The summed E-state index contributed by atoms with van der Waals surface area (Å²) in [5, 5.41) is 2.85. The number of pyridine rings is 1. The minimum atomic E-state index is -0.0739. The zero-order valence-corrected chi connectivity index (χ0v) is 13.2. The molecule has 120 valence electrons. The standard InChI is InChI=1S/C17H20N4O2/c1-2-9-18-15(22)8-5-12-21-16-13(6-3-10-19-16)20-11-4-7-14(20)17(21)23/h3-4,6-7,10-11H,2,5,8-9,12H2,1H3,(H,18,22). The van der Waals surface area contributed by atoms with Crippen LogP contribution in [0.25, 0.3) is 16.7 Å². The fourth-order valence-corrected chi connectivity index (χ4v) is 2.74. The molecule has 0 saturated heterocycles. The number of aromatic nitrogens is 3. The van der Waals surface area contributed by atoms with E-state index in [1.54, 1.807) is 16.8 Å². The monoisotopic (exact) mass is 312 g/mol. The number of aryl methyl sites for hydroxylation is 1. The summed E-state index contributed by atoms with van der Waals surface area (Å²) in [6, 6.07) is 7.46. The Balaban J connectivity index is 1.89. The average molecular weight is 312 g/mol. The molecule has 0 spiro atoms. The maximum Gasteiger partial charge on any atom is 0.276 e. The molecule has 0 aromatic carbocycles. The molecule has 0 aliphatic carbocycles. The third kappa shape index (κ3) is 2.97. The normalized spacial score (nSPS) is 11.2. The second-order valence-corrected chi connectivity index (χ2v) is 5.52. The molecule has 0 unspecified atom stereocenters. The van der Waals surface area contributed by atoms with Gasteiger partial charge in [0.05, 0.1) is 5.52 Å². The Hall–Kier alpha value is -2.63. The Morgan fingerprint density at radius 2 is 2.09 bits per heavy atom. The molecule has 0 bridgehead atoms. The number of rotatable bonds is 6. The quantitative estimate of drug-likeness (QED) is 0.756. The molecule has 6 nitrogen and oxygen atoms in total. The summed E-state index contributed by atoms with van der Waals surface area (Å²) in [5.41, 5.74) is 2.09. The van der Waals surface area contributed by atoms with Gasteiger partial charge in [0.2, 0.25) is 5.91 Å². The molecule has 0 radical (unpaired) electrons. The van der Waals surface area contributed by atoms with E-state index >= 15 is 0 Å². The van der Waals surface area contributed by atoms with Crippen molar-refractivity contribution in [2.45, 2.75) is 32.7 Å². The number of hydrogen-bond acceptors (Lipinski definition) is 3. The number of fused-ring (bicyclic) bond motifs is 3. The van der Waals surface area contributed by atoms with E-state index < -0.39 is 0 Å². The van der Waals surface area contributed by atoms with Crippen LogP contribution in [-0.4, -0.2) is 26.4 Å². The van der Waals surface area contributed by atoms with Crippen molar-refractivity contribution in [3.8, 4) is 0 Å². The maximum absolute atomic E-state index is 12.7. The van der Waals surface area contributed by atoms with Crippen molar-refractivity contribution in [2.24, 2.45) is 0 Å². The second kappa shape index (κ2) is 6.64. The first-order valence-corrected chi connectivity index (χ1v) is 7.93. The number of amides is 1. The van der Waals surface area contributed by atoms with E-state index in [0.717, 1.165) is 11.9 Å². The smallest absolute Gasteiger partial charge is 0.276 e. The van der Waals surface area contributed by atoms with Crippen molar-refractivity contribution >= 4 is 22.6 Å². The zero-order chi connectivity index (χ0) is 16.2. The van der Waals surface area contributed by atoms with E-state index in [1.165, 1.54) is 0 Å². The number of nitrogens with zero attached hydrogens (tertiary/aromatic N) is 3. The molecule has 3 rings (SSSR count). The van der Waals surface area contributed by atoms with Gasteiger partial charge in [0, 0.05) is 31.9 Å². The van der Waals surface area contributed by atoms with Crippen LogP contribution >= 0.6 is 0 Å². The maximum atomic E-state index is 12.7. The Morgan fingerprint density at radius 1 is 1.26 bits per heavy atom. The summed E-state index contributed by atoms with van der Waals surface area (Å²) in [6.07, 6.45) is 5.49.